The molecular formula is C26H26FN3O2. The molecule has 2 heterocycles. The molecule has 164 valence electrons. The van der Waals surface area contributed by atoms with Gasteiger partial charge in [-0.25, -0.2) is 9.37 Å². The van der Waals surface area contributed by atoms with Crippen molar-refractivity contribution in [1.29, 1.82) is 0 Å². The van der Waals surface area contributed by atoms with E-state index in [1.54, 1.807) is 19.5 Å². The van der Waals surface area contributed by atoms with Crippen LogP contribution in [-0.4, -0.2) is 40.1 Å². The second kappa shape index (κ2) is 8.26. The van der Waals surface area contributed by atoms with Crippen LogP contribution in [0.2, 0.25) is 0 Å². The number of likely N-dealkylation sites (tertiary alicyclic amines) is 1. The Bertz CT molecular complexity index is 1210. The average molecular weight is 432 g/mol. The normalized spacial score (nSPS) is 19.5. The van der Waals surface area contributed by atoms with Crippen molar-refractivity contribution in [1.82, 2.24) is 14.5 Å². The van der Waals surface area contributed by atoms with E-state index in [1.165, 1.54) is 6.07 Å². The lowest BCUT2D eigenvalue weighted by Gasteiger charge is -2.33. The summed E-state index contributed by atoms with van der Waals surface area (Å²) in [6.07, 6.45) is 8.64. The third-order valence-electron chi connectivity index (χ3n) is 6.47. The van der Waals surface area contributed by atoms with Gasteiger partial charge in [-0.05, 0) is 73.6 Å². The summed E-state index contributed by atoms with van der Waals surface area (Å²) in [6.45, 7) is 2.66. The van der Waals surface area contributed by atoms with Crippen molar-refractivity contribution in [2.24, 2.45) is 0 Å². The highest BCUT2D eigenvalue weighted by atomic mass is 19.1. The van der Waals surface area contributed by atoms with Gasteiger partial charge in [-0.1, -0.05) is 18.2 Å². The van der Waals surface area contributed by atoms with E-state index < -0.39 is 0 Å². The van der Waals surface area contributed by atoms with Gasteiger partial charge in [-0.2, -0.15) is 0 Å². The fourth-order valence-electron chi connectivity index (χ4n) is 4.87. The predicted octanol–water partition coefficient (Wildman–Crippen LogP) is 4.50. The summed E-state index contributed by atoms with van der Waals surface area (Å²) < 4.78 is 21.7. The van der Waals surface area contributed by atoms with Gasteiger partial charge in [0.05, 0.1) is 24.8 Å². The first kappa shape index (κ1) is 20.5. The van der Waals surface area contributed by atoms with Crippen LogP contribution in [0.25, 0.3) is 11.8 Å². The highest BCUT2D eigenvalue weighted by molar-refractivity contribution is 5.98. The molecule has 0 unspecified atom stereocenters. The van der Waals surface area contributed by atoms with Gasteiger partial charge in [0.25, 0.3) is 0 Å². The number of methoxy groups -OCH3 is 1. The lowest BCUT2D eigenvalue weighted by atomic mass is 9.98. The summed E-state index contributed by atoms with van der Waals surface area (Å²) in [5.41, 5.74) is 5.33. The molecule has 1 fully saturated rings. The number of rotatable bonds is 4. The van der Waals surface area contributed by atoms with Gasteiger partial charge < -0.3 is 14.2 Å². The molecule has 5 nitrogen and oxygen atoms in total. The number of hydrogen-bond acceptors (Lipinski definition) is 3. The molecule has 6 heteroatoms. The summed E-state index contributed by atoms with van der Waals surface area (Å²) in [4.78, 5) is 19.5. The largest absolute Gasteiger partial charge is 0.495 e. The number of carbonyl (C=O) groups is 1. The average Bonchev–Trinajstić information content (AvgIpc) is 3.42. The number of amides is 1. The van der Waals surface area contributed by atoms with E-state index in [0.717, 1.165) is 65.2 Å². The van der Waals surface area contributed by atoms with Crippen molar-refractivity contribution < 1.29 is 13.9 Å². The van der Waals surface area contributed by atoms with Crippen LogP contribution >= 0.6 is 0 Å². The Morgan fingerprint density at radius 3 is 2.84 bits per heavy atom. The number of carbonyl (C=O) groups excluding carboxylic acids is 1. The Morgan fingerprint density at radius 1 is 1.22 bits per heavy atom. The topological polar surface area (TPSA) is 47.4 Å². The van der Waals surface area contributed by atoms with Crippen molar-refractivity contribution in [3.05, 3.63) is 82.7 Å². The third-order valence-corrected chi connectivity index (χ3v) is 6.47. The van der Waals surface area contributed by atoms with Crippen molar-refractivity contribution in [3.8, 4) is 11.4 Å². The summed E-state index contributed by atoms with van der Waals surface area (Å²) in [5, 5.41) is 0. The fourth-order valence-corrected chi connectivity index (χ4v) is 4.87. The van der Waals surface area contributed by atoms with Crippen LogP contribution in [0.15, 0.2) is 54.5 Å². The number of aromatic nitrogens is 2. The van der Waals surface area contributed by atoms with E-state index in [4.69, 9.17) is 4.74 Å². The van der Waals surface area contributed by atoms with Gasteiger partial charge in [0, 0.05) is 24.4 Å². The molecule has 0 spiro atoms. The quantitative estimate of drug-likeness (QED) is 0.572. The Morgan fingerprint density at radius 2 is 2.09 bits per heavy atom. The molecule has 5 rings (SSSR count). The van der Waals surface area contributed by atoms with Gasteiger partial charge >= 0.3 is 0 Å². The van der Waals surface area contributed by atoms with Crippen LogP contribution in [0, 0.1) is 12.7 Å². The van der Waals surface area contributed by atoms with Crippen LogP contribution in [0.1, 0.15) is 35.2 Å². The highest BCUT2D eigenvalue weighted by Gasteiger charge is 2.34. The van der Waals surface area contributed by atoms with E-state index in [1.807, 2.05) is 52.9 Å². The Balaban J connectivity index is 1.38. The van der Waals surface area contributed by atoms with E-state index in [-0.39, 0.29) is 17.8 Å². The lowest BCUT2D eigenvalue weighted by Crippen LogP contribution is -2.44. The maximum atomic E-state index is 14.2. The number of hydrogen-bond donors (Lipinski definition) is 0. The molecule has 2 aliphatic rings. The number of fused-ring (bicyclic) bond motifs is 1. The van der Waals surface area contributed by atoms with E-state index >= 15 is 0 Å². The van der Waals surface area contributed by atoms with Crippen molar-refractivity contribution in [2.45, 2.75) is 38.6 Å². The van der Waals surface area contributed by atoms with Crippen molar-refractivity contribution in [2.75, 3.05) is 13.7 Å². The number of halogens is 1. The second-order valence-electron chi connectivity index (χ2n) is 8.56. The molecule has 1 aromatic heterocycles. The van der Waals surface area contributed by atoms with Crippen LogP contribution in [0.5, 0.6) is 5.75 Å². The number of nitrogens with zero attached hydrogens (tertiary/aromatic N) is 3. The van der Waals surface area contributed by atoms with Crippen molar-refractivity contribution in [3.63, 3.8) is 0 Å². The number of ether oxygens (including phenoxy) is 1. The molecule has 1 atom stereocenters. The monoisotopic (exact) mass is 431 g/mol. The Labute approximate surface area is 187 Å². The molecule has 3 aromatic rings. The molecule has 32 heavy (non-hydrogen) atoms. The van der Waals surface area contributed by atoms with Crippen molar-refractivity contribution >= 4 is 12.0 Å². The van der Waals surface area contributed by atoms with E-state index in [0.29, 0.717) is 6.42 Å². The van der Waals surface area contributed by atoms with Gasteiger partial charge in [0.15, 0.2) is 0 Å². The Kier molecular flexibility index (Phi) is 5.29. The zero-order valence-corrected chi connectivity index (χ0v) is 18.3. The van der Waals surface area contributed by atoms with Crippen LogP contribution in [0.4, 0.5) is 4.39 Å². The molecule has 0 N–H and O–H groups in total. The zero-order valence-electron chi connectivity index (χ0n) is 18.3. The standard InChI is InChI=1S/C26H26FN3O2/c1-17-15-29(16-28-17)24-9-8-18(12-25(24)32-2)11-20-6-4-10-30(26(20)31)21-13-19-5-3-7-23(27)22(19)14-21/h3,5,7-9,11-12,15-16,21H,4,6,10,13-14H2,1-2H3/t21-/m1/s1. The predicted molar refractivity (Wildman–Crippen MR) is 121 cm³/mol. The molecular weight excluding hydrogens is 405 g/mol. The molecule has 0 radical (unpaired) electrons. The molecule has 1 aliphatic carbocycles. The fraction of sp³-hybridized carbons (Fsp3) is 0.308. The summed E-state index contributed by atoms with van der Waals surface area (Å²) in [6, 6.07) is 11.2. The van der Waals surface area contributed by atoms with Gasteiger partial charge in [-0.15, -0.1) is 0 Å². The molecule has 0 saturated carbocycles. The van der Waals surface area contributed by atoms with Crippen LogP contribution in [0.3, 0.4) is 0 Å². The highest BCUT2D eigenvalue weighted by Crippen LogP contribution is 2.32. The van der Waals surface area contributed by atoms with Crippen LogP contribution < -0.4 is 4.74 Å². The first-order valence-electron chi connectivity index (χ1n) is 11.0. The minimum absolute atomic E-state index is 0.0273. The maximum absolute atomic E-state index is 14.2. The summed E-state index contributed by atoms with van der Waals surface area (Å²) >= 11 is 0. The lowest BCUT2D eigenvalue weighted by molar-refractivity contribution is -0.130. The van der Waals surface area contributed by atoms with E-state index in [2.05, 4.69) is 4.98 Å². The first-order chi connectivity index (χ1) is 15.5. The Hall–Kier alpha value is -3.41. The SMILES string of the molecule is COc1cc(C=C2CCCN([C@@H]3Cc4cccc(F)c4C3)C2=O)ccc1-n1cnc(C)c1. The van der Waals surface area contributed by atoms with E-state index in [9.17, 15) is 9.18 Å². The summed E-state index contributed by atoms with van der Waals surface area (Å²) in [5.74, 6) is 0.617. The van der Waals surface area contributed by atoms with Gasteiger partial charge in [0.1, 0.15) is 11.6 Å². The third kappa shape index (κ3) is 3.70. The number of piperidine rings is 1. The number of benzene rings is 2. The first-order valence-corrected chi connectivity index (χ1v) is 11.0. The van der Waals surface area contributed by atoms with Gasteiger partial charge in [-0.3, -0.25) is 4.79 Å². The molecule has 1 saturated heterocycles. The van der Waals surface area contributed by atoms with Crippen LogP contribution in [-0.2, 0) is 17.6 Å². The minimum atomic E-state index is -0.162. The molecule has 1 aliphatic heterocycles. The second-order valence-corrected chi connectivity index (χ2v) is 8.56. The maximum Gasteiger partial charge on any atom is 0.250 e. The summed E-state index contributed by atoms with van der Waals surface area (Å²) in [7, 11) is 1.64. The smallest absolute Gasteiger partial charge is 0.250 e. The molecule has 2 aromatic carbocycles. The minimum Gasteiger partial charge on any atom is -0.495 e. The van der Waals surface area contributed by atoms with Gasteiger partial charge in [0.2, 0.25) is 5.91 Å². The zero-order chi connectivity index (χ0) is 22.2. The molecule has 0 bridgehead atoms. The number of aryl methyl sites for hydroxylation is 1. The molecule has 1 amide bonds. The number of imidazole rings is 1.